The zero-order valence-corrected chi connectivity index (χ0v) is 11.4. The van der Waals surface area contributed by atoms with Crippen molar-refractivity contribution in [1.29, 1.82) is 0 Å². The van der Waals surface area contributed by atoms with Crippen LogP contribution >= 0.6 is 23.2 Å². The average molecular weight is 280 g/mol. The number of hydrogen-bond donors (Lipinski definition) is 1. The summed E-state index contributed by atoms with van der Waals surface area (Å²) in [6, 6.07) is 5.03. The van der Waals surface area contributed by atoms with Crippen LogP contribution in [0.4, 0.5) is 0 Å². The van der Waals surface area contributed by atoms with Crippen molar-refractivity contribution >= 4 is 34.0 Å². The van der Waals surface area contributed by atoms with Gasteiger partial charge >= 0.3 is 0 Å². The lowest BCUT2D eigenvalue weighted by Gasteiger charge is -2.14. The summed E-state index contributed by atoms with van der Waals surface area (Å²) in [6.07, 6.45) is 1.54. The van der Waals surface area contributed by atoms with Gasteiger partial charge in [0.15, 0.2) is 0 Å². The van der Waals surface area contributed by atoms with Crippen LogP contribution < -0.4 is 5.73 Å². The summed E-state index contributed by atoms with van der Waals surface area (Å²) < 4.78 is 12.3. The third-order valence-corrected chi connectivity index (χ3v) is 4.98. The lowest BCUT2D eigenvalue weighted by atomic mass is 10.2. The normalized spacial score (nSPS) is 14.8. The van der Waals surface area contributed by atoms with Crippen LogP contribution in [-0.2, 0) is 10.8 Å². The molecule has 0 bridgehead atoms. The van der Waals surface area contributed by atoms with E-state index in [0.717, 1.165) is 12.8 Å². The number of hydrogen-bond acceptors (Lipinski definition) is 2. The van der Waals surface area contributed by atoms with E-state index in [-0.39, 0.29) is 5.25 Å². The van der Waals surface area contributed by atoms with Gasteiger partial charge in [-0.3, -0.25) is 4.21 Å². The highest BCUT2D eigenvalue weighted by atomic mass is 35.5. The summed E-state index contributed by atoms with van der Waals surface area (Å²) in [4.78, 5) is 0.606. The molecule has 90 valence electrons. The first-order valence-corrected chi connectivity index (χ1v) is 7.12. The van der Waals surface area contributed by atoms with Crippen molar-refractivity contribution in [2.24, 2.45) is 5.73 Å². The van der Waals surface area contributed by atoms with Crippen LogP contribution in [0.25, 0.3) is 0 Å². The molecule has 2 unspecified atom stereocenters. The third kappa shape index (κ3) is 3.45. The van der Waals surface area contributed by atoms with Gasteiger partial charge in [-0.25, -0.2) is 0 Å². The first-order chi connectivity index (χ1) is 7.60. The van der Waals surface area contributed by atoms with E-state index in [1.54, 1.807) is 18.2 Å². The predicted molar refractivity (Wildman–Crippen MR) is 70.6 cm³/mol. The second-order valence-corrected chi connectivity index (χ2v) is 6.02. The fraction of sp³-hybridized carbons (Fsp3) is 0.455. The number of halogens is 2. The van der Waals surface area contributed by atoms with Crippen molar-refractivity contribution in [2.75, 3.05) is 6.54 Å². The maximum absolute atomic E-state index is 12.3. The van der Waals surface area contributed by atoms with Gasteiger partial charge < -0.3 is 5.73 Å². The van der Waals surface area contributed by atoms with Crippen LogP contribution in [0.1, 0.15) is 19.8 Å². The summed E-state index contributed by atoms with van der Waals surface area (Å²) in [5, 5.41) is 1.09. The van der Waals surface area contributed by atoms with E-state index in [0.29, 0.717) is 21.5 Å². The lowest BCUT2D eigenvalue weighted by molar-refractivity contribution is 0.650. The molecular weight excluding hydrogens is 265 g/mol. The molecule has 0 spiro atoms. The maximum atomic E-state index is 12.3. The third-order valence-electron chi connectivity index (χ3n) is 2.36. The van der Waals surface area contributed by atoms with E-state index in [4.69, 9.17) is 28.9 Å². The molecule has 0 saturated carbocycles. The van der Waals surface area contributed by atoms with E-state index in [2.05, 4.69) is 0 Å². The lowest BCUT2D eigenvalue weighted by Crippen LogP contribution is -2.19. The van der Waals surface area contributed by atoms with Gasteiger partial charge in [0.2, 0.25) is 0 Å². The van der Waals surface area contributed by atoms with Gasteiger partial charge in [0.05, 0.1) is 20.7 Å². The van der Waals surface area contributed by atoms with Crippen LogP contribution in [0.3, 0.4) is 0 Å². The summed E-state index contributed by atoms with van der Waals surface area (Å²) in [6.45, 7) is 2.53. The Morgan fingerprint density at radius 2 is 2.12 bits per heavy atom. The van der Waals surface area contributed by atoms with Gasteiger partial charge in [0.1, 0.15) is 0 Å². The van der Waals surface area contributed by atoms with Gasteiger partial charge in [-0.2, -0.15) is 0 Å². The minimum atomic E-state index is -1.14. The molecule has 2 atom stereocenters. The zero-order chi connectivity index (χ0) is 12.1. The number of rotatable bonds is 5. The Balaban J connectivity index is 2.98. The van der Waals surface area contributed by atoms with Crippen molar-refractivity contribution < 1.29 is 4.21 Å². The standard InChI is InChI=1S/C11H15Cl2NOS/c1-2-9(5-6-14)16(15)11-7-8(12)3-4-10(11)13/h3-4,7,9H,2,5-6,14H2,1H3. The molecule has 0 aliphatic rings. The Morgan fingerprint density at radius 3 is 2.69 bits per heavy atom. The van der Waals surface area contributed by atoms with E-state index < -0.39 is 10.8 Å². The minimum Gasteiger partial charge on any atom is -0.330 e. The largest absolute Gasteiger partial charge is 0.330 e. The fourth-order valence-electron chi connectivity index (χ4n) is 1.46. The quantitative estimate of drug-likeness (QED) is 0.899. The van der Waals surface area contributed by atoms with Crippen LogP contribution in [0.15, 0.2) is 23.1 Å². The monoisotopic (exact) mass is 279 g/mol. The van der Waals surface area contributed by atoms with Crippen LogP contribution in [-0.4, -0.2) is 16.0 Å². The number of nitrogens with two attached hydrogens (primary N) is 1. The SMILES string of the molecule is CCC(CCN)S(=O)c1cc(Cl)ccc1Cl. The van der Waals surface area contributed by atoms with E-state index in [1.807, 2.05) is 6.92 Å². The zero-order valence-electron chi connectivity index (χ0n) is 9.08. The van der Waals surface area contributed by atoms with E-state index in [1.165, 1.54) is 0 Å². The molecular formula is C11H15Cl2NOS. The van der Waals surface area contributed by atoms with Gasteiger partial charge in [-0.1, -0.05) is 30.1 Å². The maximum Gasteiger partial charge on any atom is 0.0591 e. The molecule has 1 aromatic rings. The number of benzene rings is 1. The molecule has 5 heteroatoms. The first kappa shape index (κ1) is 14.0. The predicted octanol–water partition coefficient (Wildman–Crippen LogP) is 3.23. The van der Waals surface area contributed by atoms with Crippen molar-refractivity contribution in [2.45, 2.75) is 29.9 Å². The molecule has 0 aromatic heterocycles. The molecule has 0 heterocycles. The first-order valence-electron chi connectivity index (χ1n) is 5.15. The molecule has 2 N–H and O–H groups in total. The Labute approximate surface area is 109 Å². The van der Waals surface area contributed by atoms with Gasteiger partial charge in [0, 0.05) is 10.3 Å². The summed E-state index contributed by atoms with van der Waals surface area (Å²) in [5.74, 6) is 0. The van der Waals surface area contributed by atoms with Crippen molar-refractivity contribution in [3.05, 3.63) is 28.2 Å². The van der Waals surface area contributed by atoms with Crippen LogP contribution in [0.5, 0.6) is 0 Å². The molecule has 0 saturated heterocycles. The Morgan fingerprint density at radius 1 is 1.44 bits per heavy atom. The van der Waals surface area contributed by atoms with Gasteiger partial charge in [-0.05, 0) is 37.6 Å². The highest BCUT2D eigenvalue weighted by Crippen LogP contribution is 2.27. The summed E-state index contributed by atoms with van der Waals surface area (Å²) >= 11 is 11.9. The molecule has 16 heavy (non-hydrogen) atoms. The molecule has 0 aliphatic carbocycles. The molecule has 0 aliphatic heterocycles. The molecule has 1 aromatic carbocycles. The van der Waals surface area contributed by atoms with Crippen molar-refractivity contribution in [3.63, 3.8) is 0 Å². The van der Waals surface area contributed by atoms with Crippen molar-refractivity contribution in [1.82, 2.24) is 0 Å². The van der Waals surface area contributed by atoms with Gasteiger partial charge in [-0.15, -0.1) is 0 Å². The highest BCUT2D eigenvalue weighted by molar-refractivity contribution is 7.85. The van der Waals surface area contributed by atoms with E-state index >= 15 is 0 Å². The van der Waals surface area contributed by atoms with E-state index in [9.17, 15) is 4.21 Å². The summed E-state index contributed by atoms with van der Waals surface area (Å²) in [5.41, 5.74) is 5.50. The Hall–Kier alpha value is -0.0900. The topological polar surface area (TPSA) is 43.1 Å². The van der Waals surface area contributed by atoms with Gasteiger partial charge in [0.25, 0.3) is 0 Å². The molecule has 2 nitrogen and oxygen atoms in total. The second-order valence-electron chi connectivity index (χ2n) is 3.48. The smallest absolute Gasteiger partial charge is 0.0591 e. The minimum absolute atomic E-state index is 0.0426. The fourth-order valence-corrected chi connectivity index (χ4v) is 3.56. The Kier molecular flexibility index (Phi) is 5.76. The Bertz CT molecular complexity index is 384. The molecule has 0 fully saturated rings. The molecule has 0 radical (unpaired) electrons. The average Bonchev–Trinajstić information content (AvgIpc) is 2.28. The summed E-state index contributed by atoms with van der Waals surface area (Å²) in [7, 11) is -1.14. The van der Waals surface area contributed by atoms with Crippen LogP contribution in [0.2, 0.25) is 10.0 Å². The molecule has 0 amide bonds. The highest BCUT2D eigenvalue weighted by Gasteiger charge is 2.18. The van der Waals surface area contributed by atoms with Crippen LogP contribution in [0, 0.1) is 0 Å². The second kappa shape index (κ2) is 6.60. The molecule has 1 rings (SSSR count). The van der Waals surface area contributed by atoms with Crippen molar-refractivity contribution in [3.8, 4) is 0 Å².